The standard InChI is InChI=1S/C22H21F3N4O3/c1-31-18-8-3-2-7-17(18)21(30)29-11-9-28(10-12-29)14-19-26-20(27-32-19)15-5-4-6-16(13-15)22(23,24)25/h2-8,13H,9-12,14H2,1H3. The third kappa shape index (κ3) is 4.75. The number of amides is 1. The molecule has 0 radical (unpaired) electrons. The Morgan fingerprint density at radius 1 is 1.09 bits per heavy atom. The molecule has 0 atom stereocenters. The molecule has 7 nitrogen and oxygen atoms in total. The SMILES string of the molecule is COc1ccccc1C(=O)N1CCN(Cc2nc(-c3cccc(C(F)(F)F)c3)no2)CC1. The zero-order chi connectivity index (χ0) is 22.7. The Bertz CT molecular complexity index is 1090. The van der Waals surface area contributed by atoms with Crippen LogP contribution in [-0.4, -0.2) is 59.1 Å². The molecule has 0 saturated carbocycles. The average Bonchev–Trinajstić information content (AvgIpc) is 3.27. The number of carbonyl (C=O) groups excluding carboxylic acids is 1. The highest BCUT2D eigenvalue weighted by atomic mass is 19.4. The van der Waals surface area contributed by atoms with Gasteiger partial charge in [-0.15, -0.1) is 0 Å². The number of ether oxygens (including phenoxy) is 1. The summed E-state index contributed by atoms with van der Waals surface area (Å²) in [5.74, 6) is 0.859. The molecule has 0 spiro atoms. The molecule has 3 aromatic rings. The van der Waals surface area contributed by atoms with E-state index in [4.69, 9.17) is 9.26 Å². The highest BCUT2D eigenvalue weighted by Gasteiger charge is 2.31. The molecule has 0 aliphatic carbocycles. The fourth-order valence-corrected chi connectivity index (χ4v) is 3.56. The number of aromatic nitrogens is 2. The van der Waals surface area contributed by atoms with Crippen LogP contribution in [0.3, 0.4) is 0 Å². The first-order valence-electron chi connectivity index (χ1n) is 10.00. The quantitative estimate of drug-likeness (QED) is 0.595. The van der Waals surface area contributed by atoms with Crippen molar-refractivity contribution in [3.8, 4) is 17.1 Å². The molecule has 10 heteroatoms. The minimum atomic E-state index is -4.44. The van der Waals surface area contributed by atoms with E-state index in [0.29, 0.717) is 49.9 Å². The normalized spacial score (nSPS) is 15.1. The van der Waals surface area contributed by atoms with E-state index in [1.807, 2.05) is 6.07 Å². The monoisotopic (exact) mass is 446 g/mol. The number of halogens is 3. The first kappa shape index (κ1) is 21.8. The van der Waals surface area contributed by atoms with Crippen LogP contribution in [0.4, 0.5) is 13.2 Å². The molecular weight excluding hydrogens is 425 g/mol. The topological polar surface area (TPSA) is 71.7 Å². The Hall–Kier alpha value is -3.40. The molecule has 0 bridgehead atoms. The summed E-state index contributed by atoms with van der Waals surface area (Å²) in [6, 6.07) is 11.9. The Morgan fingerprint density at radius 2 is 1.84 bits per heavy atom. The number of hydrogen-bond donors (Lipinski definition) is 0. The zero-order valence-electron chi connectivity index (χ0n) is 17.3. The Balaban J connectivity index is 1.36. The number of benzene rings is 2. The Labute approximate surface area is 182 Å². The smallest absolute Gasteiger partial charge is 0.416 e. The molecule has 1 saturated heterocycles. The van der Waals surface area contributed by atoms with E-state index in [1.165, 1.54) is 19.2 Å². The van der Waals surface area contributed by atoms with Crippen molar-refractivity contribution in [2.24, 2.45) is 0 Å². The van der Waals surface area contributed by atoms with Crippen molar-refractivity contribution in [1.29, 1.82) is 0 Å². The van der Waals surface area contributed by atoms with Gasteiger partial charge in [-0.05, 0) is 24.3 Å². The fourth-order valence-electron chi connectivity index (χ4n) is 3.56. The number of carbonyl (C=O) groups is 1. The van der Waals surface area contributed by atoms with Gasteiger partial charge in [-0.1, -0.05) is 29.4 Å². The van der Waals surface area contributed by atoms with Crippen LogP contribution in [0, 0.1) is 0 Å². The van der Waals surface area contributed by atoms with Crippen molar-refractivity contribution in [2.75, 3.05) is 33.3 Å². The highest BCUT2D eigenvalue weighted by molar-refractivity contribution is 5.97. The van der Waals surface area contributed by atoms with Crippen LogP contribution in [0.5, 0.6) is 5.75 Å². The molecular formula is C22H21F3N4O3. The number of rotatable bonds is 5. The van der Waals surface area contributed by atoms with Gasteiger partial charge in [-0.25, -0.2) is 0 Å². The van der Waals surface area contributed by atoms with E-state index < -0.39 is 11.7 Å². The third-order valence-electron chi connectivity index (χ3n) is 5.27. The summed E-state index contributed by atoms with van der Waals surface area (Å²) in [4.78, 5) is 20.9. The summed E-state index contributed by atoms with van der Waals surface area (Å²) >= 11 is 0. The highest BCUT2D eigenvalue weighted by Crippen LogP contribution is 2.31. The van der Waals surface area contributed by atoms with Crippen molar-refractivity contribution >= 4 is 5.91 Å². The van der Waals surface area contributed by atoms with E-state index in [-0.39, 0.29) is 17.3 Å². The van der Waals surface area contributed by atoms with Crippen LogP contribution < -0.4 is 4.74 Å². The van der Waals surface area contributed by atoms with E-state index in [9.17, 15) is 18.0 Å². The van der Waals surface area contributed by atoms with Gasteiger partial charge >= 0.3 is 6.18 Å². The summed E-state index contributed by atoms with van der Waals surface area (Å²) in [6.45, 7) is 2.59. The van der Waals surface area contributed by atoms with Crippen molar-refractivity contribution in [3.63, 3.8) is 0 Å². The molecule has 1 aliphatic rings. The second kappa shape index (κ2) is 8.99. The summed E-state index contributed by atoms with van der Waals surface area (Å²) < 4.78 is 49.3. The number of nitrogens with zero attached hydrogens (tertiary/aromatic N) is 4. The fraction of sp³-hybridized carbons (Fsp3) is 0.318. The number of hydrogen-bond acceptors (Lipinski definition) is 6. The minimum Gasteiger partial charge on any atom is -0.496 e. The van der Waals surface area contributed by atoms with Crippen LogP contribution in [0.1, 0.15) is 21.8 Å². The van der Waals surface area contributed by atoms with Gasteiger partial charge in [-0.2, -0.15) is 18.2 Å². The molecule has 32 heavy (non-hydrogen) atoms. The first-order valence-corrected chi connectivity index (χ1v) is 10.00. The van der Waals surface area contributed by atoms with Gasteiger partial charge in [0, 0.05) is 31.7 Å². The molecule has 168 valence electrons. The lowest BCUT2D eigenvalue weighted by molar-refractivity contribution is -0.137. The molecule has 0 unspecified atom stereocenters. The lowest BCUT2D eigenvalue weighted by atomic mass is 10.1. The van der Waals surface area contributed by atoms with Crippen molar-refractivity contribution in [3.05, 3.63) is 65.5 Å². The maximum atomic E-state index is 12.9. The van der Waals surface area contributed by atoms with Gasteiger partial charge in [0.15, 0.2) is 0 Å². The molecule has 0 N–H and O–H groups in total. The van der Waals surface area contributed by atoms with Gasteiger partial charge in [0.05, 0.1) is 24.8 Å². The number of alkyl halides is 3. The van der Waals surface area contributed by atoms with E-state index in [1.54, 1.807) is 23.1 Å². The Kier molecular flexibility index (Phi) is 6.13. The van der Waals surface area contributed by atoms with Gasteiger partial charge in [0.25, 0.3) is 5.91 Å². The van der Waals surface area contributed by atoms with Gasteiger partial charge in [0.2, 0.25) is 11.7 Å². The van der Waals surface area contributed by atoms with Crippen LogP contribution in [0.15, 0.2) is 53.1 Å². The maximum Gasteiger partial charge on any atom is 0.416 e. The molecule has 1 fully saturated rings. The molecule has 2 heterocycles. The Morgan fingerprint density at radius 3 is 2.56 bits per heavy atom. The summed E-state index contributed by atoms with van der Waals surface area (Å²) in [5, 5.41) is 3.82. The van der Waals surface area contributed by atoms with E-state index in [0.717, 1.165) is 12.1 Å². The molecule has 1 amide bonds. The largest absolute Gasteiger partial charge is 0.496 e. The predicted molar refractivity (Wildman–Crippen MR) is 109 cm³/mol. The van der Waals surface area contributed by atoms with Gasteiger partial charge < -0.3 is 14.2 Å². The average molecular weight is 446 g/mol. The maximum absolute atomic E-state index is 12.9. The summed E-state index contributed by atoms with van der Waals surface area (Å²) in [7, 11) is 1.53. The van der Waals surface area contributed by atoms with Crippen LogP contribution in [0.25, 0.3) is 11.4 Å². The second-order valence-electron chi connectivity index (χ2n) is 7.36. The first-order chi connectivity index (χ1) is 15.3. The van der Waals surface area contributed by atoms with Crippen LogP contribution in [-0.2, 0) is 12.7 Å². The molecule has 2 aromatic carbocycles. The second-order valence-corrected chi connectivity index (χ2v) is 7.36. The lowest BCUT2D eigenvalue weighted by Gasteiger charge is -2.34. The molecule has 4 rings (SSSR count). The van der Waals surface area contributed by atoms with Crippen molar-refractivity contribution in [1.82, 2.24) is 19.9 Å². The minimum absolute atomic E-state index is 0.0910. The van der Waals surface area contributed by atoms with Crippen LogP contribution >= 0.6 is 0 Å². The number of para-hydroxylation sites is 1. The van der Waals surface area contributed by atoms with Crippen LogP contribution in [0.2, 0.25) is 0 Å². The zero-order valence-corrected chi connectivity index (χ0v) is 17.3. The van der Waals surface area contributed by atoms with Gasteiger partial charge in [-0.3, -0.25) is 9.69 Å². The van der Waals surface area contributed by atoms with Gasteiger partial charge in [0.1, 0.15) is 5.75 Å². The van der Waals surface area contributed by atoms with Crippen molar-refractivity contribution in [2.45, 2.75) is 12.7 Å². The van der Waals surface area contributed by atoms with Crippen molar-refractivity contribution < 1.29 is 27.2 Å². The summed E-state index contributed by atoms with van der Waals surface area (Å²) in [5.41, 5.74) is -0.00897. The van der Waals surface area contributed by atoms with E-state index >= 15 is 0 Å². The number of piperazine rings is 1. The third-order valence-corrected chi connectivity index (χ3v) is 5.27. The molecule has 1 aliphatic heterocycles. The van der Waals surface area contributed by atoms with E-state index in [2.05, 4.69) is 15.0 Å². The number of methoxy groups -OCH3 is 1. The summed E-state index contributed by atoms with van der Waals surface area (Å²) in [6.07, 6.45) is -4.44. The predicted octanol–water partition coefficient (Wildman–Crippen LogP) is 3.72. The molecule has 1 aromatic heterocycles. The lowest BCUT2D eigenvalue weighted by Crippen LogP contribution is -2.48.